The van der Waals surface area contributed by atoms with Crippen LogP contribution in [0.5, 0.6) is 0 Å². The molecule has 4 nitrogen and oxygen atoms in total. The standard InChI is InChI=1S/C21H24N4/c1-2-3-19-12-20(10-11-22-19)25-15-18(14-24-25)21-9-8-17(13-23-21)7-6-16-4-5-16/h8-16H,2-7H2,1H3. The van der Waals surface area contributed by atoms with Gasteiger partial charge in [-0.3, -0.25) is 9.97 Å². The number of nitrogens with zero attached hydrogens (tertiary/aromatic N) is 4. The van der Waals surface area contributed by atoms with E-state index in [0.29, 0.717) is 0 Å². The largest absolute Gasteiger partial charge is 0.261 e. The molecule has 0 atom stereocenters. The highest BCUT2D eigenvalue weighted by molar-refractivity contribution is 5.57. The summed E-state index contributed by atoms with van der Waals surface area (Å²) < 4.78 is 1.90. The first kappa shape index (κ1) is 16.0. The van der Waals surface area contributed by atoms with Gasteiger partial charge in [0.15, 0.2) is 0 Å². The zero-order chi connectivity index (χ0) is 17.1. The SMILES string of the molecule is CCCc1cc(-n2cc(-c3ccc(CCC4CC4)cn3)cn2)ccn1. The molecule has 0 aromatic carbocycles. The lowest BCUT2D eigenvalue weighted by Gasteiger charge is -2.04. The normalized spacial score (nSPS) is 14.0. The Kier molecular flexibility index (Phi) is 4.59. The van der Waals surface area contributed by atoms with Gasteiger partial charge in [0.1, 0.15) is 0 Å². The van der Waals surface area contributed by atoms with Gasteiger partial charge in [-0.1, -0.05) is 32.3 Å². The van der Waals surface area contributed by atoms with Crippen LogP contribution in [0.4, 0.5) is 0 Å². The molecule has 0 radical (unpaired) electrons. The zero-order valence-corrected chi connectivity index (χ0v) is 14.7. The minimum atomic E-state index is 0.968. The lowest BCUT2D eigenvalue weighted by molar-refractivity contribution is 0.725. The second-order valence-corrected chi connectivity index (χ2v) is 6.96. The Hall–Kier alpha value is -2.49. The fourth-order valence-electron chi connectivity index (χ4n) is 3.12. The van der Waals surface area contributed by atoms with Crippen molar-refractivity contribution in [3.63, 3.8) is 0 Å². The molecule has 25 heavy (non-hydrogen) atoms. The summed E-state index contributed by atoms with van der Waals surface area (Å²) in [6.07, 6.45) is 15.2. The van der Waals surface area contributed by atoms with Gasteiger partial charge < -0.3 is 0 Å². The van der Waals surface area contributed by atoms with Crippen LogP contribution in [-0.2, 0) is 12.8 Å². The van der Waals surface area contributed by atoms with Crippen molar-refractivity contribution in [1.29, 1.82) is 0 Å². The highest BCUT2D eigenvalue weighted by atomic mass is 15.3. The first-order chi connectivity index (χ1) is 12.3. The Morgan fingerprint density at radius 2 is 2.00 bits per heavy atom. The fourth-order valence-corrected chi connectivity index (χ4v) is 3.12. The Morgan fingerprint density at radius 3 is 2.76 bits per heavy atom. The van der Waals surface area contributed by atoms with Crippen molar-refractivity contribution in [3.8, 4) is 16.9 Å². The second-order valence-electron chi connectivity index (χ2n) is 6.96. The molecule has 3 aromatic heterocycles. The molecule has 3 aromatic rings. The molecule has 1 saturated carbocycles. The van der Waals surface area contributed by atoms with E-state index in [1.165, 1.54) is 24.8 Å². The van der Waals surface area contributed by atoms with Gasteiger partial charge in [0.05, 0.1) is 17.6 Å². The third-order valence-electron chi connectivity index (χ3n) is 4.81. The van der Waals surface area contributed by atoms with Crippen molar-refractivity contribution in [2.45, 2.75) is 45.4 Å². The maximum Gasteiger partial charge on any atom is 0.0733 e. The van der Waals surface area contributed by atoms with E-state index in [4.69, 9.17) is 0 Å². The van der Waals surface area contributed by atoms with Gasteiger partial charge in [-0.25, -0.2) is 4.68 Å². The van der Waals surface area contributed by atoms with Crippen LogP contribution in [-0.4, -0.2) is 19.7 Å². The van der Waals surface area contributed by atoms with Gasteiger partial charge >= 0.3 is 0 Å². The van der Waals surface area contributed by atoms with Crippen LogP contribution < -0.4 is 0 Å². The maximum atomic E-state index is 4.64. The van der Waals surface area contributed by atoms with Gasteiger partial charge in [-0.05, 0) is 48.9 Å². The minimum absolute atomic E-state index is 0.968. The molecule has 1 aliphatic rings. The molecule has 0 amide bonds. The van der Waals surface area contributed by atoms with Crippen LogP contribution in [0.25, 0.3) is 16.9 Å². The molecule has 3 heterocycles. The molecule has 1 aliphatic carbocycles. The summed E-state index contributed by atoms with van der Waals surface area (Å²) in [4.78, 5) is 9.05. The average Bonchev–Trinajstić information content (AvgIpc) is 3.35. The van der Waals surface area contributed by atoms with Crippen LogP contribution in [0.3, 0.4) is 0 Å². The van der Waals surface area contributed by atoms with Gasteiger partial charge in [-0.15, -0.1) is 0 Å². The molecule has 0 N–H and O–H groups in total. The molecular weight excluding hydrogens is 308 g/mol. The van der Waals surface area contributed by atoms with Gasteiger partial charge in [0.2, 0.25) is 0 Å². The van der Waals surface area contributed by atoms with E-state index in [9.17, 15) is 0 Å². The smallest absolute Gasteiger partial charge is 0.0733 e. The molecule has 4 rings (SSSR count). The number of hydrogen-bond donors (Lipinski definition) is 0. The van der Waals surface area contributed by atoms with Gasteiger partial charge in [0, 0.05) is 29.8 Å². The number of rotatable bonds is 7. The first-order valence-electron chi connectivity index (χ1n) is 9.27. The van der Waals surface area contributed by atoms with Crippen LogP contribution >= 0.6 is 0 Å². The van der Waals surface area contributed by atoms with Crippen LogP contribution in [0.1, 0.15) is 43.9 Å². The summed E-state index contributed by atoms with van der Waals surface area (Å²) in [5, 5.41) is 4.50. The Bertz CT molecular complexity index is 831. The summed E-state index contributed by atoms with van der Waals surface area (Å²) >= 11 is 0. The quantitative estimate of drug-likeness (QED) is 0.634. The highest BCUT2D eigenvalue weighted by Gasteiger charge is 2.20. The third kappa shape index (κ3) is 3.95. The van der Waals surface area contributed by atoms with Crippen molar-refractivity contribution >= 4 is 0 Å². The van der Waals surface area contributed by atoms with Crippen LogP contribution in [0.2, 0.25) is 0 Å². The lowest BCUT2D eigenvalue weighted by atomic mass is 10.1. The molecule has 0 unspecified atom stereocenters. The summed E-state index contributed by atoms with van der Waals surface area (Å²) in [5.41, 5.74) is 5.51. The minimum Gasteiger partial charge on any atom is -0.261 e. The molecule has 0 spiro atoms. The molecular formula is C21H24N4. The first-order valence-corrected chi connectivity index (χ1v) is 9.27. The van der Waals surface area contributed by atoms with E-state index in [0.717, 1.165) is 47.8 Å². The Morgan fingerprint density at radius 1 is 1.08 bits per heavy atom. The predicted molar refractivity (Wildman–Crippen MR) is 99.6 cm³/mol. The maximum absolute atomic E-state index is 4.64. The summed E-state index contributed by atoms with van der Waals surface area (Å²) in [7, 11) is 0. The van der Waals surface area contributed by atoms with Crippen molar-refractivity contribution in [3.05, 3.63) is 60.3 Å². The van der Waals surface area contributed by atoms with E-state index < -0.39 is 0 Å². The molecule has 0 aliphatic heterocycles. The number of hydrogen-bond acceptors (Lipinski definition) is 3. The zero-order valence-electron chi connectivity index (χ0n) is 14.7. The Labute approximate surface area is 149 Å². The number of aryl methyl sites for hydroxylation is 2. The van der Waals surface area contributed by atoms with Crippen molar-refractivity contribution in [2.75, 3.05) is 0 Å². The predicted octanol–water partition coefficient (Wildman–Crippen LogP) is 4.62. The van der Waals surface area contributed by atoms with E-state index in [2.05, 4.69) is 40.2 Å². The summed E-state index contributed by atoms with van der Waals surface area (Å²) in [5.74, 6) is 0.968. The topological polar surface area (TPSA) is 43.6 Å². The van der Waals surface area contributed by atoms with Crippen LogP contribution in [0.15, 0.2) is 49.1 Å². The van der Waals surface area contributed by atoms with Gasteiger partial charge in [0.25, 0.3) is 0 Å². The third-order valence-corrected chi connectivity index (χ3v) is 4.81. The van der Waals surface area contributed by atoms with Gasteiger partial charge in [-0.2, -0.15) is 5.10 Å². The Balaban J connectivity index is 1.49. The molecule has 0 saturated heterocycles. The summed E-state index contributed by atoms with van der Waals surface area (Å²) in [6, 6.07) is 8.41. The van der Waals surface area contributed by atoms with E-state index in [-0.39, 0.29) is 0 Å². The number of pyridine rings is 2. The van der Waals surface area contributed by atoms with Crippen molar-refractivity contribution < 1.29 is 0 Å². The van der Waals surface area contributed by atoms with Crippen LogP contribution in [0, 0.1) is 5.92 Å². The van der Waals surface area contributed by atoms with E-state index in [1.807, 2.05) is 35.5 Å². The van der Waals surface area contributed by atoms with Crippen molar-refractivity contribution in [1.82, 2.24) is 19.7 Å². The monoisotopic (exact) mass is 332 g/mol. The fraction of sp³-hybridized carbons (Fsp3) is 0.381. The molecule has 4 heteroatoms. The number of aromatic nitrogens is 4. The highest BCUT2D eigenvalue weighted by Crippen LogP contribution is 2.33. The average molecular weight is 332 g/mol. The lowest BCUT2D eigenvalue weighted by Crippen LogP contribution is -1.97. The van der Waals surface area contributed by atoms with Crippen molar-refractivity contribution in [2.24, 2.45) is 5.92 Å². The summed E-state index contributed by atoms with van der Waals surface area (Å²) in [6.45, 7) is 2.17. The second kappa shape index (κ2) is 7.18. The molecule has 0 bridgehead atoms. The molecule has 1 fully saturated rings. The molecule has 128 valence electrons. The van der Waals surface area contributed by atoms with E-state index in [1.54, 1.807) is 0 Å². The van der Waals surface area contributed by atoms with E-state index >= 15 is 0 Å².